The Kier molecular flexibility index (Phi) is 5.68. The molecule has 3 aromatic carbocycles. The van der Waals surface area contributed by atoms with Gasteiger partial charge in [-0.1, -0.05) is 29.8 Å². The number of carbonyl (C=O) groups excluding carboxylic acids is 2. The minimum atomic E-state index is -0.798. The van der Waals surface area contributed by atoms with Gasteiger partial charge in [-0.05, 0) is 55.0 Å². The van der Waals surface area contributed by atoms with Crippen LogP contribution in [0.2, 0.25) is 0 Å². The summed E-state index contributed by atoms with van der Waals surface area (Å²) >= 11 is 0. The van der Waals surface area contributed by atoms with Crippen molar-refractivity contribution >= 4 is 28.8 Å². The number of ether oxygens (including phenoxy) is 2. The van der Waals surface area contributed by atoms with E-state index in [1.807, 2.05) is 43.1 Å². The van der Waals surface area contributed by atoms with Gasteiger partial charge in [0.2, 0.25) is 0 Å². The average molecular weight is 471 g/mol. The van der Waals surface area contributed by atoms with Crippen molar-refractivity contribution in [1.82, 2.24) is 0 Å². The van der Waals surface area contributed by atoms with E-state index in [1.54, 1.807) is 49.6 Å². The van der Waals surface area contributed by atoms with Crippen LogP contribution in [0, 0.1) is 6.92 Å². The molecule has 1 N–H and O–H groups in total. The van der Waals surface area contributed by atoms with Crippen LogP contribution < -0.4 is 19.3 Å². The molecule has 7 nitrogen and oxygen atoms in total. The number of hydrogen-bond acceptors (Lipinski definition) is 6. The SMILES string of the molecule is COc1ccc(C2/C(=C(/O)c3ccc4c(c3)N(C)CCO4)C(=O)C(=O)N2c2ccc(C)cc2)cc1. The Morgan fingerprint density at radius 2 is 1.74 bits per heavy atom. The molecule has 1 unspecified atom stereocenters. The molecule has 2 heterocycles. The van der Waals surface area contributed by atoms with Gasteiger partial charge in [-0.15, -0.1) is 0 Å². The lowest BCUT2D eigenvalue weighted by Crippen LogP contribution is -2.29. The maximum Gasteiger partial charge on any atom is 0.300 e. The van der Waals surface area contributed by atoms with E-state index in [2.05, 4.69) is 0 Å². The Labute approximate surface area is 203 Å². The number of aliphatic hydroxyl groups excluding tert-OH is 1. The summed E-state index contributed by atoms with van der Waals surface area (Å²) in [6.07, 6.45) is 0. The van der Waals surface area contributed by atoms with Crippen molar-refractivity contribution in [2.45, 2.75) is 13.0 Å². The predicted octanol–water partition coefficient (Wildman–Crippen LogP) is 4.46. The van der Waals surface area contributed by atoms with Gasteiger partial charge in [0, 0.05) is 18.3 Å². The van der Waals surface area contributed by atoms with Crippen molar-refractivity contribution in [1.29, 1.82) is 0 Å². The lowest BCUT2D eigenvalue weighted by molar-refractivity contribution is -0.132. The first-order chi connectivity index (χ1) is 16.9. The quantitative estimate of drug-likeness (QED) is 0.345. The normalized spacial score (nSPS) is 18.9. The third-order valence-electron chi connectivity index (χ3n) is 6.52. The molecule has 0 bridgehead atoms. The van der Waals surface area contributed by atoms with Crippen LogP contribution in [-0.2, 0) is 9.59 Å². The molecule has 1 amide bonds. The van der Waals surface area contributed by atoms with Crippen LogP contribution >= 0.6 is 0 Å². The Bertz CT molecular complexity index is 1330. The number of rotatable bonds is 4. The molecule has 7 heteroatoms. The maximum absolute atomic E-state index is 13.4. The summed E-state index contributed by atoms with van der Waals surface area (Å²) in [7, 11) is 3.52. The third kappa shape index (κ3) is 3.89. The largest absolute Gasteiger partial charge is 0.507 e. The van der Waals surface area contributed by atoms with Gasteiger partial charge in [0.25, 0.3) is 11.7 Å². The smallest absolute Gasteiger partial charge is 0.300 e. The van der Waals surface area contributed by atoms with Crippen LogP contribution in [0.1, 0.15) is 22.7 Å². The van der Waals surface area contributed by atoms with Crippen LogP contribution in [0.4, 0.5) is 11.4 Å². The topological polar surface area (TPSA) is 79.3 Å². The van der Waals surface area contributed by atoms with E-state index in [1.165, 1.54) is 4.90 Å². The van der Waals surface area contributed by atoms with Crippen molar-refractivity contribution < 1.29 is 24.2 Å². The summed E-state index contributed by atoms with van der Waals surface area (Å²) in [6.45, 7) is 3.24. The predicted molar refractivity (Wildman–Crippen MR) is 134 cm³/mol. The first kappa shape index (κ1) is 22.5. The molecule has 0 aromatic heterocycles. The van der Waals surface area contributed by atoms with Crippen molar-refractivity contribution in [2.24, 2.45) is 0 Å². The zero-order valence-electron chi connectivity index (χ0n) is 19.8. The van der Waals surface area contributed by atoms with Gasteiger partial charge in [-0.25, -0.2) is 0 Å². The second-order valence-corrected chi connectivity index (χ2v) is 8.73. The van der Waals surface area contributed by atoms with E-state index < -0.39 is 17.7 Å². The number of benzene rings is 3. The van der Waals surface area contributed by atoms with Crippen molar-refractivity contribution in [3.8, 4) is 11.5 Å². The first-order valence-corrected chi connectivity index (χ1v) is 11.4. The Balaban J connectivity index is 1.68. The van der Waals surface area contributed by atoms with Crippen LogP contribution in [0.15, 0.2) is 72.3 Å². The van der Waals surface area contributed by atoms with E-state index in [9.17, 15) is 14.7 Å². The molecule has 2 aliphatic heterocycles. The first-order valence-electron chi connectivity index (χ1n) is 11.4. The molecule has 35 heavy (non-hydrogen) atoms. The highest BCUT2D eigenvalue weighted by atomic mass is 16.5. The molecule has 1 fully saturated rings. The van der Waals surface area contributed by atoms with E-state index >= 15 is 0 Å². The number of aryl methyl sites for hydroxylation is 1. The minimum absolute atomic E-state index is 0.0417. The Morgan fingerprint density at radius 1 is 1.03 bits per heavy atom. The summed E-state index contributed by atoms with van der Waals surface area (Å²) in [5.74, 6) is -0.276. The Morgan fingerprint density at radius 3 is 2.43 bits per heavy atom. The number of likely N-dealkylation sites (N-methyl/N-ethyl adjacent to an activating group) is 1. The molecule has 1 saturated heterocycles. The fourth-order valence-electron chi connectivity index (χ4n) is 4.56. The Hall–Kier alpha value is -4.26. The van der Waals surface area contributed by atoms with Crippen molar-refractivity contribution in [3.63, 3.8) is 0 Å². The van der Waals surface area contributed by atoms with E-state index in [0.717, 1.165) is 11.3 Å². The molecule has 2 aliphatic rings. The molecular weight excluding hydrogens is 444 g/mol. The highest BCUT2D eigenvalue weighted by Crippen LogP contribution is 2.43. The van der Waals surface area contributed by atoms with Crippen LogP contribution in [0.3, 0.4) is 0 Å². The number of aliphatic hydroxyl groups is 1. The van der Waals surface area contributed by atoms with Gasteiger partial charge in [-0.3, -0.25) is 14.5 Å². The van der Waals surface area contributed by atoms with E-state index in [4.69, 9.17) is 9.47 Å². The van der Waals surface area contributed by atoms with Gasteiger partial charge in [0.05, 0.1) is 31.0 Å². The molecule has 0 spiro atoms. The van der Waals surface area contributed by atoms with Gasteiger partial charge >= 0.3 is 0 Å². The molecule has 0 saturated carbocycles. The zero-order valence-corrected chi connectivity index (χ0v) is 19.8. The minimum Gasteiger partial charge on any atom is -0.507 e. The van der Waals surface area contributed by atoms with Gasteiger partial charge in [-0.2, -0.15) is 0 Å². The number of anilines is 2. The van der Waals surface area contributed by atoms with Crippen molar-refractivity contribution in [3.05, 3.63) is 89.0 Å². The summed E-state index contributed by atoms with van der Waals surface area (Å²) in [5.41, 5.74) is 3.60. The van der Waals surface area contributed by atoms with Gasteiger partial charge in [0.1, 0.15) is 23.9 Å². The highest BCUT2D eigenvalue weighted by Gasteiger charge is 2.47. The number of hydrogen-bond donors (Lipinski definition) is 1. The number of amides is 1. The number of fused-ring (bicyclic) bond motifs is 1. The second kappa shape index (κ2) is 8.83. The fraction of sp³-hybridized carbons (Fsp3) is 0.214. The highest BCUT2D eigenvalue weighted by molar-refractivity contribution is 6.51. The zero-order chi connectivity index (χ0) is 24.7. The molecule has 1 atom stereocenters. The lowest BCUT2D eigenvalue weighted by atomic mass is 9.94. The van der Waals surface area contributed by atoms with Crippen LogP contribution in [-0.4, -0.2) is 44.1 Å². The van der Waals surface area contributed by atoms with Crippen LogP contribution in [0.5, 0.6) is 11.5 Å². The number of Topliss-reactive ketones (excluding diaryl/α,β-unsaturated/α-hetero) is 1. The molecular formula is C28H26N2O5. The summed E-state index contributed by atoms with van der Waals surface area (Å²) in [4.78, 5) is 30.1. The molecule has 5 rings (SSSR count). The number of nitrogens with zero attached hydrogens (tertiary/aromatic N) is 2. The number of carbonyl (C=O) groups is 2. The summed E-state index contributed by atoms with van der Waals surface area (Å²) in [5, 5.41) is 11.4. The van der Waals surface area contributed by atoms with Crippen LogP contribution in [0.25, 0.3) is 5.76 Å². The van der Waals surface area contributed by atoms with Crippen molar-refractivity contribution in [2.75, 3.05) is 37.1 Å². The summed E-state index contributed by atoms with van der Waals surface area (Å²) < 4.78 is 11.0. The number of ketones is 1. The lowest BCUT2D eigenvalue weighted by Gasteiger charge is -2.28. The molecule has 3 aromatic rings. The molecule has 0 aliphatic carbocycles. The van der Waals surface area contributed by atoms with E-state index in [-0.39, 0.29) is 11.3 Å². The molecule has 178 valence electrons. The van der Waals surface area contributed by atoms with Gasteiger partial charge in [0.15, 0.2) is 0 Å². The average Bonchev–Trinajstić information content (AvgIpc) is 3.14. The third-order valence-corrected chi connectivity index (χ3v) is 6.52. The molecule has 0 radical (unpaired) electrons. The summed E-state index contributed by atoms with van der Waals surface area (Å²) in [6, 6.07) is 19.0. The standard InChI is InChI=1S/C28H26N2O5/c1-17-4-9-20(10-5-17)30-25(18-6-11-21(34-3)12-7-18)24(27(32)28(30)33)26(31)19-8-13-23-22(16-19)29(2)14-15-35-23/h4-13,16,25,31H,14-15H2,1-3H3/b26-24-. The van der Waals surface area contributed by atoms with E-state index in [0.29, 0.717) is 41.5 Å². The second-order valence-electron chi connectivity index (χ2n) is 8.73. The maximum atomic E-state index is 13.4. The fourth-order valence-corrected chi connectivity index (χ4v) is 4.56. The number of methoxy groups -OCH3 is 1. The van der Waals surface area contributed by atoms with Gasteiger partial charge < -0.3 is 19.5 Å². The monoisotopic (exact) mass is 470 g/mol.